The summed E-state index contributed by atoms with van der Waals surface area (Å²) in [5.41, 5.74) is 1.19. The van der Waals surface area contributed by atoms with Crippen molar-refractivity contribution in [3.63, 3.8) is 0 Å². The van der Waals surface area contributed by atoms with Crippen LogP contribution < -0.4 is 20.1 Å². The van der Waals surface area contributed by atoms with Gasteiger partial charge in [-0.3, -0.25) is 0 Å². The zero-order chi connectivity index (χ0) is 14.1. The number of methoxy groups -OCH3 is 2. The van der Waals surface area contributed by atoms with Gasteiger partial charge >= 0.3 is 0 Å². The first-order valence-electron chi connectivity index (χ1n) is 6.86. The van der Waals surface area contributed by atoms with E-state index in [0.717, 1.165) is 31.1 Å². The fourth-order valence-corrected chi connectivity index (χ4v) is 1.85. The van der Waals surface area contributed by atoms with E-state index < -0.39 is 0 Å². The van der Waals surface area contributed by atoms with Gasteiger partial charge in [0.1, 0.15) is 0 Å². The van der Waals surface area contributed by atoms with E-state index in [4.69, 9.17) is 9.47 Å². The van der Waals surface area contributed by atoms with Crippen molar-refractivity contribution >= 4 is 0 Å². The quantitative estimate of drug-likeness (QED) is 0.672. The van der Waals surface area contributed by atoms with Gasteiger partial charge in [-0.05, 0) is 37.6 Å². The van der Waals surface area contributed by atoms with Crippen molar-refractivity contribution in [1.82, 2.24) is 10.6 Å². The molecule has 0 saturated carbocycles. The lowest BCUT2D eigenvalue weighted by Gasteiger charge is -2.15. The van der Waals surface area contributed by atoms with Crippen LogP contribution in [0.1, 0.15) is 25.8 Å². The maximum Gasteiger partial charge on any atom is 0.161 e. The van der Waals surface area contributed by atoms with Crippen molar-refractivity contribution in [3.8, 4) is 11.5 Å². The summed E-state index contributed by atoms with van der Waals surface area (Å²) in [6.45, 7) is 7.25. The minimum Gasteiger partial charge on any atom is -0.493 e. The van der Waals surface area contributed by atoms with Crippen molar-refractivity contribution < 1.29 is 9.47 Å². The molecule has 4 nitrogen and oxygen atoms in total. The van der Waals surface area contributed by atoms with Crippen LogP contribution in [0, 0.1) is 0 Å². The second kappa shape index (κ2) is 8.77. The van der Waals surface area contributed by atoms with Crippen LogP contribution in [0.25, 0.3) is 0 Å². The highest BCUT2D eigenvalue weighted by Crippen LogP contribution is 2.27. The number of nitrogens with one attached hydrogen (secondary N) is 2. The lowest BCUT2D eigenvalue weighted by Crippen LogP contribution is -2.36. The summed E-state index contributed by atoms with van der Waals surface area (Å²) in [6, 6.07) is 6.45. The predicted molar refractivity (Wildman–Crippen MR) is 79.0 cm³/mol. The van der Waals surface area contributed by atoms with Gasteiger partial charge in [-0.15, -0.1) is 0 Å². The standard InChI is InChI=1S/C15H26N2O2/c1-5-8-16-10-12(2)17-11-13-6-7-14(18-3)15(9-13)19-4/h6-7,9,12,16-17H,5,8,10-11H2,1-4H3. The van der Waals surface area contributed by atoms with Crippen LogP contribution in [0.15, 0.2) is 18.2 Å². The third kappa shape index (κ3) is 5.49. The van der Waals surface area contributed by atoms with E-state index in [1.54, 1.807) is 14.2 Å². The zero-order valence-electron chi connectivity index (χ0n) is 12.5. The summed E-state index contributed by atoms with van der Waals surface area (Å²) in [7, 11) is 3.31. The Balaban J connectivity index is 2.44. The van der Waals surface area contributed by atoms with E-state index in [9.17, 15) is 0 Å². The SMILES string of the molecule is CCCNCC(C)NCc1ccc(OC)c(OC)c1. The van der Waals surface area contributed by atoms with Crippen LogP contribution >= 0.6 is 0 Å². The molecule has 0 bridgehead atoms. The highest BCUT2D eigenvalue weighted by atomic mass is 16.5. The Bertz CT molecular complexity index is 369. The Morgan fingerprint density at radius 1 is 1.16 bits per heavy atom. The van der Waals surface area contributed by atoms with Gasteiger partial charge in [0.15, 0.2) is 11.5 Å². The molecule has 2 N–H and O–H groups in total. The fraction of sp³-hybridized carbons (Fsp3) is 0.600. The first-order chi connectivity index (χ1) is 9.21. The van der Waals surface area contributed by atoms with Crippen LogP contribution in [0.3, 0.4) is 0 Å². The van der Waals surface area contributed by atoms with Crippen LogP contribution in [-0.2, 0) is 6.54 Å². The molecule has 0 aromatic heterocycles. The van der Waals surface area contributed by atoms with E-state index in [0.29, 0.717) is 6.04 Å². The van der Waals surface area contributed by atoms with Crippen molar-refractivity contribution in [1.29, 1.82) is 0 Å². The van der Waals surface area contributed by atoms with E-state index in [-0.39, 0.29) is 0 Å². The molecule has 1 atom stereocenters. The van der Waals surface area contributed by atoms with Gasteiger partial charge in [0.2, 0.25) is 0 Å². The molecule has 0 heterocycles. The third-order valence-electron chi connectivity index (χ3n) is 2.98. The van der Waals surface area contributed by atoms with Gasteiger partial charge in [-0.2, -0.15) is 0 Å². The second-order valence-electron chi connectivity index (χ2n) is 4.68. The van der Waals surface area contributed by atoms with Crippen molar-refractivity contribution in [3.05, 3.63) is 23.8 Å². The highest BCUT2D eigenvalue weighted by molar-refractivity contribution is 5.42. The molecule has 0 aliphatic carbocycles. The van der Waals surface area contributed by atoms with E-state index in [1.165, 1.54) is 12.0 Å². The molecule has 0 spiro atoms. The summed E-state index contributed by atoms with van der Waals surface area (Å²) >= 11 is 0. The second-order valence-corrected chi connectivity index (χ2v) is 4.68. The molecule has 1 unspecified atom stereocenters. The molecule has 108 valence electrons. The minimum absolute atomic E-state index is 0.444. The van der Waals surface area contributed by atoms with Gasteiger partial charge in [0, 0.05) is 19.1 Å². The summed E-state index contributed by atoms with van der Waals surface area (Å²) in [6.07, 6.45) is 1.17. The average Bonchev–Trinajstić information content (AvgIpc) is 2.45. The molecule has 0 saturated heterocycles. The topological polar surface area (TPSA) is 42.5 Å². The molecular formula is C15H26N2O2. The Kier molecular flexibility index (Phi) is 7.30. The number of hydrogen-bond acceptors (Lipinski definition) is 4. The lowest BCUT2D eigenvalue weighted by atomic mass is 10.2. The Morgan fingerprint density at radius 3 is 2.53 bits per heavy atom. The normalized spacial score (nSPS) is 12.2. The smallest absolute Gasteiger partial charge is 0.161 e. The summed E-state index contributed by atoms with van der Waals surface area (Å²) < 4.78 is 10.5. The maximum atomic E-state index is 5.30. The lowest BCUT2D eigenvalue weighted by molar-refractivity contribution is 0.354. The first kappa shape index (κ1) is 15.8. The van der Waals surface area contributed by atoms with Crippen LogP contribution in [0.4, 0.5) is 0 Å². The summed E-state index contributed by atoms with van der Waals surface area (Å²) in [5.74, 6) is 1.54. The Hall–Kier alpha value is -1.26. The van der Waals surface area contributed by atoms with Gasteiger partial charge in [0.25, 0.3) is 0 Å². The fourth-order valence-electron chi connectivity index (χ4n) is 1.85. The van der Waals surface area contributed by atoms with Gasteiger partial charge in [0.05, 0.1) is 14.2 Å². The van der Waals surface area contributed by atoms with Gasteiger partial charge < -0.3 is 20.1 Å². The van der Waals surface area contributed by atoms with E-state index in [2.05, 4.69) is 30.5 Å². The molecule has 0 aliphatic heterocycles. The molecule has 1 aromatic carbocycles. The summed E-state index contributed by atoms with van der Waals surface area (Å²) in [4.78, 5) is 0. The number of benzene rings is 1. The van der Waals surface area contributed by atoms with E-state index in [1.807, 2.05) is 12.1 Å². The molecular weight excluding hydrogens is 240 g/mol. The molecule has 0 aliphatic rings. The molecule has 4 heteroatoms. The van der Waals surface area contributed by atoms with Crippen LogP contribution in [0.5, 0.6) is 11.5 Å². The first-order valence-corrected chi connectivity index (χ1v) is 6.86. The molecule has 0 radical (unpaired) electrons. The number of hydrogen-bond donors (Lipinski definition) is 2. The van der Waals surface area contributed by atoms with Crippen LogP contribution in [-0.4, -0.2) is 33.4 Å². The van der Waals surface area contributed by atoms with Crippen molar-refractivity contribution in [2.75, 3.05) is 27.3 Å². The number of rotatable bonds is 9. The molecule has 1 rings (SSSR count). The van der Waals surface area contributed by atoms with Crippen molar-refractivity contribution in [2.24, 2.45) is 0 Å². The largest absolute Gasteiger partial charge is 0.493 e. The summed E-state index contributed by atoms with van der Waals surface area (Å²) in [5, 5.41) is 6.89. The molecule has 19 heavy (non-hydrogen) atoms. The van der Waals surface area contributed by atoms with Crippen molar-refractivity contribution in [2.45, 2.75) is 32.9 Å². The monoisotopic (exact) mass is 266 g/mol. The third-order valence-corrected chi connectivity index (χ3v) is 2.98. The minimum atomic E-state index is 0.444. The Morgan fingerprint density at radius 2 is 1.89 bits per heavy atom. The molecule has 1 aromatic rings. The highest BCUT2D eigenvalue weighted by Gasteiger charge is 2.05. The van der Waals surface area contributed by atoms with Crippen LogP contribution in [0.2, 0.25) is 0 Å². The maximum absolute atomic E-state index is 5.30. The average molecular weight is 266 g/mol. The Labute approximate surface area is 116 Å². The number of ether oxygens (including phenoxy) is 2. The molecule has 0 amide bonds. The molecule has 0 fully saturated rings. The van der Waals surface area contributed by atoms with Gasteiger partial charge in [-0.25, -0.2) is 0 Å². The predicted octanol–water partition coefficient (Wildman–Crippen LogP) is 2.18. The van der Waals surface area contributed by atoms with Gasteiger partial charge in [-0.1, -0.05) is 13.0 Å². The zero-order valence-corrected chi connectivity index (χ0v) is 12.5. The van der Waals surface area contributed by atoms with E-state index >= 15 is 0 Å².